The number of carbonyl (C=O) groups is 2. The molecule has 1 fully saturated rings. The van der Waals surface area contributed by atoms with Crippen molar-refractivity contribution in [3.05, 3.63) is 101 Å². The minimum atomic E-state index is -0.434. The van der Waals surface area contributed by atoms with E-state index in [2.05, 4.69) is 30.5 Å². The largest absolute Gasteiger partial charge is 0.378 e. The molecule has 3 heterocycles. The number of carbonyl (C=O) groups excluding carboxylic acids is 2. The fourth-order valence-electron chi connectivity index (χ4n) is 4.52. The lowest BCUT2D eigenvalue weighted by Crippen LogP contribution is -2.36. The lowest BCUT2D eigenvalue weighted by molar-refractivity contribution is 0.101. The zero-order valence-electron chi connectivity index (χ0n) is 21.4. The molecule has 0 radical (unpaired) electrons. The third-order valence-corrected chi connectivity index (χ3v) is 6.95. The number of nitrogens with zero attached hydrogens (tertiary/aromatic N) is 3. The maximum Gasteiger partial charge on any atom is 0.257 e. The van der Waals surface area contributed by atoms with Crippen LogP contribution in [-0.4, -0.2) is 53.1 Å². The summed E-state index contributed by atoms with van der Waals surface area (Å²) in [4.78, 5) is 40.4. The summed E-state index contributed by atoms with van der Waals surface area (Å²) in [6, 6.07) is 23.6. The van der Waals surface area contributed by atoms with Crippen LogP contribution >= 0.6 is 11.6 Å². The second kappa shape index (κ2) is 11.2. The van der Waals surface area contributed by atoms with Gasteiger partial charge in [-0.1, -0.05) is 41.9 Å². The summed E-state index contributed by atoms with van der Waals surface area (Å²) in [6.07, 6.45) is 1.55. The highest BCUT2D eigenvalue weighted by molar-refractivity contribution is 6.34. The standard InChI is InChI=1S/C30H25ClN6O3/c31-25-11-8-21(33-29(38)20-6-9-23(10-7-20)37-12-14-40-15-13-37)16-24(25)30(39)34-22-17-26-28(32-18-22)36-27(35-26)19-4-2-1-3-5-19/h1-11,16-18H,12-15H2,(H,33,38)(H,34,39)(H,32,35,36). The summed E-state index contributed by atoms with van der Waals surface area (Å²) in [5.74, 6) is -0.0330. The number of anilines is 3. The molecule has 3 aromatic carbocycles. The SMILES string of the molecule is O=C(Nc1ccc(Cl)c(C(=O)Nc2cnc3[nH]c(-c4ccccc4)nc3c2)c1)c1ccc(N2CCOCC2)cc1. The van der Waals surface area contributed by atoms with E-state index in [1.165, 1.54) is 0 Å². The molecule has 0 saturated carbocycles. The van der Waals surface area contributed by atoms with Gasteiger partial charge in [-0.15, -0.1) is 0 Å². The van der Waals surface area contributed by atoms with Crippen LogP contribution in [0.25, 0.3) is 22.6 Å². The number of nitrogens with one attached hydrogen (secondary N) is 3. The van der Waals surface area contributed by atoms with Gasteiger partial charge >= 0.3 is 0 Å². The molecule has 9 nitrogen and oxygen atoms in total. The molecule has 6 rings (SSSR count). The first-order valence-corrected chi connectivity index (χ1v) is 13.2. The lowest BCUT2D eigenvalue weighted by atomic mass is 10.1. The van der Waals surface area contributed by atoms with Crippen LogP contribution in [0.3, 0.4) is 0 Å². The molecule has 5 aromatic rings. The highest BCUT2D eigenvalue weighted by atomic mass is 35.5. The predicted octanol–water partition coefficient (Wildman–Crippen LogP) is 5.62. The van der Waals surface area contributed by atoms with Crippen molar-refractivity contribution in [3.8, 4) is 11.4 Å². The van der Waals surface area contributed by atoms with Crippen LogP contribution in [0.1, 0.15) is 20.7 Å². The van der Waals surface area contributed by atoms with Crippen molar-refractivity contribution in [2.75, 3.05) is 41.8 Å². The summed E-state index contributed by atoms with van der Waals surface area (Å²) in [5.41, 5.74) is 4.84. The normalized spacial score (nSPS) is 13.3. The minimum Gasteiger partial charge on any atom is -0.378 e. The van der Waals surface area contributed by atoms with E-state index in [1.807, 2.05) is 42.5 Å². The average Bonchev–Trinajstić information content (AvgIpc) is 3.43. The summed E-state index contributed by atoms with van der Waals surface area (Å²) < 4.78 is 5.40. The summed E-state index contributed by atoms with van der Waals surface area (Å²) in [6.45, 7) is 3.03. The van der Waals surface area contributed by atoms with E-state index < -0.39 is 5.91 Å². The van der Waals surface area contributed by atoms with Crippen molar-refractivity contribution in [2.45, 2.75) is 0 Å². The topological polar surface area (TPSA) is 112 Å². The first kappa shape index (κ1) is 25.5. The number of benzene rings is 3. The van der Waals surface area contributed by atoms with Crippen LogP contribution < -0.4 is 15.5 Å². The van der Waals surface area contributed by atoms with E-state index in [1.54, 1.807) is 42.6 Å². The highest BCUT2D eigenvalue weighted by Gasteiger charge is 2.16. The maximum atomic E-state index is 13.1. The smallest absolute Gasteiger partial charge is 0.257 e. The Morgan fingerprint density at radius 2 is 1.62 bits per heavy atom. The Hall–Kier alpha value is -4.73. The van der Waals surface area contributed by atoms with Gasteiger partial charge in [-0.2, -0.15) is 0 Å². The van der Waals surface area contributed by atoms with Crippen molar-refractivity contribution in [1.82, 2.24) is 15.0 Å². The highest BCUT2D eigenvalue weighted by Crippen LogP contribution is 2.25. The number of fused-ring (bicyclic) bond motifs is 1. The molecule has 0 spiro atoms. The van der Waals surface area contributed by atoms with Gasteiger partial charge in [0, 0.05) is 35.6 Å². The molecule has 2 aromatic heterocycles. The number of ether oxygens (including phenoxy) is 1. The summed E-state index contributed by atoms with van der Waals surface area (Å²) in [7, 11) is 0. The van der Waals surface area contributed by atoms with Crippen molar-refractivity contribution < 1.29 is 14.3 Å². The average molecular weight is 553 g/mol. The lowest BCUT2D eigenvalue weighted by Gasteiger charge is -2.28. The van der Waals surface area contributed by atoms with Gasteiger partial charge in [0.1, 0.15) is 11.3 Å². The molecule has 2 amide bonds. The molecule has 0 atom stereocenters. The van der Waals surface area contributed by atoms with E-state index in [0.29, 0.717) is 47.1 Å². The number of hydrogen-bond donors (Lipinski definition) is 3. The van der Waals surface area contributed by atoms with Gasteiger partial charge in [-0.25, -0.2) is 9.97 Å². The number of rotatable bonds is 6. The van der Waals surface area contributed by atoms with E-state index >= 15 is 0 Å². The Balaban J connectivity index is 1.15. The molecule has 0 bridgehead atoms. The molecule has 1 aliphatic rings. The number of halogens is 1. The number of aromatic amines is 1. The number of hydrogen-bond acceptors (Lipinski definition) is 6. The third-order valence-electron chi connectivity index (χ3n) is 6.62. The van der Waals surface area contributed by atoms with Gasteiger partial charge in [-0.05, 0) is 48.5 Å². The van der Waals surface area contributed by atoms with Crippen LogP contribution in [0.15, 0.2) is 85.1 Å². The van der Waals surface area contributed by atoms with Crippen molar-refractivity contribution in [1.29, 1.82) is 0 Å². The maximum absolute atomic E-state index is 13.1. The van der Waals surface area contributed by atoms with Gasteiger partial charge < -0.3 is 25.3 Å². The third kappa shape index (κ3) is 5.51. The first-order chi connectivity index (χ1) is 19.5. The Labute approximate surface area is 235 Å². The van der Waals surface area contributed by atoms with Crippen molar-refractivity contribution in [2.24, 2.45) is 0 Å². The summed E-state index contributed by atoms with van der Waals surface area (Å²) >= 11 is 6.35. The second-order valence-electron chi connectivity index (χ2n) is 9.29. The molecule has 200 valence electrons. The van der Waals surface area contributed by atoms with E-state index in [4.69, 9.17) is 16.3 Å². The molecular weight excluding hydrogens is 528 g/mol. The number of H-pyrrole nitrogens is 1. The second-order valence-corrected chi connectivity index (χ2v) is 9.70. The number of morpholine rings is 1. The Bertz CT molecular complexity index is 1680. The molecule has 10 heteroatoms. The fraction of sp³-hybridized carbons (Fsp3) is 0.133. The molecule has 40 heavy (non-hydrogen) atoms. The molecule has 3 N–H and O–H groups in total. The first-order valence-electron chi connectivity index (χ1n) is 12.8. The fourth-order valence-corrected chi connectivity index (χ4v) is 4.72. The van der Waals surface area contributed by atoms with Crippen LogP contribution in [0.4, 0.5) is 17.1 Å². The zero-order valence-corrected chi connectivity index (χ0v) is 22.1. The molecule has 1 aliphatic heterocycles. The van der Waals surface area contributed by atoms with E-state index in [-0.39, 0.29) is 16.5 Å². The molecular formula is C30H25ClN6O3. The van der Waals surface area contributed by atoms with Crippen molar-refractivity contribution >= 4 is 51.6 Å². The molecule has 1 saturated heterocycles. The van der Waals surface area contributed by atoms with E-state index in [9.17, 15) is 9.59 Å². The molecule has 0 unspecified atom stereocenters. The Kier molecular flexibility index (Phi) is 7.13. The molecule has 0 aliphatic carbocycles. The van der Waals surface area contributed by atoms with Crippen molar-refractivity contribution in [3.63, 3.8) is 0 Å². The Morgan fingerprint density at radius 1 is 0.875 bits per heavy atom. The van der Waals surface area contributed by atoms with Crippen LogP contribution in [-0.2, 0) is 4.74 Å². The Morgan fingerprint density at radius 3 is 2.40 bits per heavy atom. The predicted molar refractivity (Wildman–Crippen MR) is 156 cm³/mol. The van der Waals surface area contributed by atoms with Crippen LogP contribution in [0, 0.1) is 0 Å². The van der Waals surface area contributed by atoms with Crippen LogP contribution in [0.5, 0.6) is 0 Å². The van der Waals surface area contributed by atoms with E-state index in [0.717, 1.165) is 24.3 Å². The van der Waals surface area contributed by atoms with Gasteiger partial charge in [0.2, 0.25) is 0 Å². The number of imidazole rings is 1. The number of aromatic nitrogens is 3. The van der Waals surface area contributed by atoms with Gasteiger partial charge in [0.05, 0.1) is 35.7 Å². The minimum absolute atomic E-state index is 0.217. The van der Waals surface area contributed by atoms with Gasteiger partial charge in [0.15, 0.2) is 5.65 Å². The summed E-state index contributed by atoms with van der Waals surface area (Å²) in [5, 5.41) is 5.93. The van der Waals surface area contributed by atoms with Gasteiger partial charge in [0.25, 0.3) is 11.8 Å². The monoisotopic (exact) mass is 552 g/mol. The number of pyridine rings is 1. The quantitative estimate of drug-likeness (QED) is 0.252. The van der Waals surface area contributed by atoms with Crippen LogP contribution in [0.2, 0.25) is 5.02 Å². The zero-order chi connectivity index (χ0) is 27.5. The van der Waals surface area contributed by atoms with Gasteiger partial charge in [-0.3, -0.25) is 9.59 Å². The number of amides is 2.